The molecule has 0 bridgehead atoms. The molecule has 1 heterocycles. The molecular weight excluding hydrogens is 194 g/mol. The third kappa shape index (κ3) is 4.15. The predicted octanol–water partition coefficient (Wildman–Crippen LogP) is 1.75. The largest absolute Gasteiger partial charge is 0.337 e. The summed E-state index contributed by atoms with van der Waals surface area (Å²) in [4.78, 5) is 4.30. The van der Waals surface area contributed by atoms with Crippen molar-refractivity contribution in [1.82, 2.24) is 14.9 Å². The molecule has 0 aliphatic heterocycles. The highest BCUT2D eigenvalue weighted by Crippen LogP contribution is 2.03. The molecule has 4 heteroatoms. The van der Waals surface area contributed by atoms with E-state index in [4.69, 9.17) is 0 Å². The molecule has 1 aromatic heterocycles. The molecule has 1 N–H and O–H groups in total. The van der Waals surface area contributed by atoms with Gasteiger partial charge in [0.05, 0.1) is 12.0 Å². The van der Waals surface area contributed by atoms with Gasteiger partial charge in [0, 0.05) is 19.3 Å². The second kappa shape index (κ2) is 6.90. The minimum atomic E-state index is 0.858. The van der Waals surface area contributed by atoms with E-state index in [-0.39, 0.29) is 0 Å². The molecule has 0 aliphatic carbocycles. The lowest BCUT2D eigenvalue weighted by Crippen LogP contribution is -2.05. The van der Waals surface area contributed by atoms with E-state index < -0.39 is 0 Å². The highest BCUT2D eigenvalue weighted by Gasteiger charge is 1.96. The van der Waals surface area contributed by atoms with Crippen molar-refractivity contribution in [2.75, 3.05) is 18.6 Å². The fraction of sp³-hybridized carbons (Fsp3) is 0.700. The molecule has 80 valence electrons. The molecule has 0 saturated heterocycles. The Morgan fingerprint density at radius 2 is 2.43 bits per heavy atom. The molecule has 0 spiro atoms. The fourth-order valence-corrected chi connectivity index (χ4v) is 1.92. The second-order valence-corrected chi connectivity index (χ2v) is 4.58. The highest BCUT2D eigenvalue weighted by atomic mass is 32.2. The molecule has 1 rings (SSSR count). The maximum absolute atomic E-state index is 4.30. The van der Waals surface area contributed by atoms with Crippen LogP contribution in [0.4, 0.5) is 0 Å². The molecule has 0 aliphatic rings. The van der Waals surface area contributed by atoms with Gasteiger partial charge in [0.1, 0.15) is 0 Å². The Kier molecular flexibility index (Phi) is 5.71. The molecule has 0 fully saturated rings. The van der Waals surface area contributed by atoms with Gasteiger partial charge in [-0.15, -0.1) is 0 Å². The Morgan fingerprint density at radius 1 is 1.57 bits per heavy atom. The van der Waals surface area contributed by atoms with Crippen molar-refractivity contribution in [3.8, 4) is 0 Å². The van der Waals surface area contributed by atoms with E-state index in [9.17, 15) is 0 Å². The SMILES string of the molecule is CCSCCCn1cnc(CNC)c1. The number of aromatic nitrogens is 2. The van der Waals surface area contributed by atoms with Crippen LogP contribution in [-0.4, -0.2) is 28.1 Å². The van der Waals surface area contributed by atoms with Crippen molar-refractivity contribution >= 4 is 11.8 Å². The number of thioether (sulfide) groups is 1. The van der Waals surface area contributed by atoms with E-state index >= 15 is 0 Å². The third-order valence-electron chi connectivity index (χ3n) is 1.95. The van der Waals surface area contributed by atoms with E-state index in [0.717, 1.165) is 18.8 Å². The number of hydrogen-bond donors (Lipinski definition) is 1. The first-order valence-electron chi connectivity index (χ1n) is 5.09. The normalized spacial score (nSPS) is 10.7. The molecular formula is C10H19N3S. The number of aryl methyl sites for hydroxylation is 1. The number of hydrogen-bond acceptors (Lipinski definition) is 3. The Bertz CT molecular complexity index is 247. The maximum Gasteiger partial charge on any atom is 0.0949 e. The summed E-state index contributed by atoms with van der Waals surface area (Å²) in [5.41, 5.74) is 1.12. The lowest BCUT2D eigenvalue weighted by Gasteiger charge is -2.00. The molecule has 3 nitrogen and oxygen atoms in total. The van der Waals surface area contributed by atoms with Gasteiger partial charge in [-0.1, -0.05) is 6.92 Å². The predicted molar refractivity (Wildman–Crippen MR) is 62.6 cm³/mol. The van der Waals surface area contributed by atoms with E-state index in [1.54, 1.807) is 0 Å². The standard InChI is InChI=1S/C10H19N3S/c1-3-14-6-4-5-13-8-10(7-11-2)12-9-13/h8-9,11H,3-7H2,1-2H3. The topological polar surface area (TPSA) is 29.9 Å². The minimum Gasteiger partial charge on any atom is -0.337 e. The van der Waals surface area contributed by atoms with Crippen LogP contribution in [0.5, 0.6) is 0 Å². The Balaban J connectivity index is 2.22. The molecule has 0 atom stereocenters. The Labute approximate surface area is 90.3 Å². The molecule has 0 aromatic carbocycles. The van der Waals surface area contributed by atoms with Crippen LogP contribution in [0.2, 0.25) is 0 Å². The van der Waals surface area contributed by atoms with Crippen LogP contribution in [0.15, 0.2) is 12.5 Å². The zero-order valence-corrected chi connectivity index (χ0v) is 9.81. The van der Waals surface area contributed by atoms with E-state index in [0.29, 0.717) is 0 Å². The summed E-state index contributed by atoms with van der Waals surface area (Å²) in [5, 5.41) is 3.09. The van der Waals surface area contributed by atoms with E-state index in [2.05, 4.69) is 28.0 Å². The van der Waals surface area contributed by atoms with Gasteiger partial charge in [-0.3, -0.25) is 0 Å². The molecule has 0 amide bonds. The van der Waals surface area contributed by atoms with Gasteiger partial charge in [-0.25, -0.2) is 4.98 Å². The van der Waals surface area contributed by atoms with Crippen LogP contribution in [0.1, 0.15) is 19.0 Å². The minimum absolute atomic E-state index is 0.858. The summed E-state index contributed by atoms with van der Waals surface area (Å²) < 4.78 is 2.17. The van der Waals surface area contributed by atoms with Crippen molar-refractivity contribution in [1.29, 1.82) is 0 Å². The smallest absolute Gasteiger partial charge is 0.0949 e. The van der Waals surface area contributed by atoms with Crippen LogP contribution < -0.4 is 5.32 Å². The van der Waals surface area contributed by atoms with Crippen molar-refractivity contribution in [2.24, 2.45) is 0 Å². The van der Waals surface area contributed by atoms with Gasteiger partial charge >= 0.3 is 0 Å². The number of nitrogens with one attached hydrogen (secondary N) is 1. The van der Waals surface area contributed by atoms with Crippen LogP contribution in [0.3, 0.4) is 0 Å². The highest BCUT2D eigenvalue weighted by molar-refractivity contribution is 7.99. The molecule has 0 unspecified atom stereocenters. The fourth-order valence-electron chi connectivity index (χ4n) is 1.29. The maximum atomic E-state index is 4.30. The van der Waals surface area contributed by atoms with E-state index in [1.165, 1.54) is 17.9 Å². The lowest BCUT2D eigenvalue weighted by atomic mass is 10.4. The second-order valence-electron chi connectivity index (χ2n) is 3.18. The quantitative estimate of drug-likeness (QED) is 0.700. The molecule has 0 saturated carbocycles. The van der Waals surface area contributed by atoms with Crippen molar-refractivity contribution in [3.05, 3.63) is 18.2 Å². The van der Waals surface area contributed by atoms with Gasteiger partial charge < -0.3 is 9.88 Å². The summed E-state index contributed by atoms with van der Waals surface area (Å²) in [6.45, 7) is 4.15. The number of imidazole rings is 1. The van der Waals surface area contributed by atoms with Gasteiger partial charge in [0.15, 0.2) is 0 Å². The molecule has 1 aromatic rings. The number of rotatable bonds is 7. The van der Waals surface area contributed by atoms with E-state index in [1.807, 2.05) is 25.1 Å². The Hall–Kier alpha value is -0.480. The Morgan fingerprint density at radius 3 is 3.14 bits per heavy atom. The summed E-state index contributed by atoms with van der Waals surface area (Å²) in [7, 11) is 1.94. The monoisotopic (exact) mass is 213 g/mol. The van der Waals surface area contributed by atoms with Gasteiger partial charge in [0.2, 0.25) is 0 Å². The third-order valence-corrected chi connectivity index (χ3v) is 2.94. The van der Waals surface area contributed by atoms with Crippen LogP contribution >= 0.6 is 11.8 Å². The average Bonchev–Trinajstić information content (AvgIpc) is 2.61. The van der Waals surface area contributed by atoms with Crippen LogP contribution in [-0.2, 0) is 13.1 Å². The van der Waals surface area contributed by atoms with Gasteiger partial charge in [0.25, 0.3) is 0 Å². The molecule has 14 heavy (non-hydrogen) atoms. The summed E-state index contributed by atoms with van der Waals surface area (Å²) in [6, 6.07) is 0. The van der Waals surface area contributed by atoms with Gasteiger partial charge in [-0.05, 0) is 25.0 Å². The van der Waals surface area contributed by atoms with Crippen molar-refractivity contribution in [2.45, 2.75) is 26.4 Å². The first-order valence-corrected chi connectivity index (χ1v) is 6.25. The summed E-state index contributed by atoms with van der Waals surface area (Å²) in [6.07, 6.45) is 5.27. The summed E-state index contributed by atoms with van der Waals surface area (Å²) >= 11 is 2.00. The van der Waals surface area contributed by atoms with Gasteiger partial charge in [-0.2, -0.15) is 11.8 Å². The first kappa shape index (κ1) is 11.6. The number of nitrogens with zero attached hydrogens (tertiary/aromatic N) is 2. The average molecular weight is 213 g/mol. The van der Waals surface area contributed by atoms with Crippen LogP contribution in [0, 0.1) is 0 Å². The lowest BCUT2D eigenvalue weighted by molar-refractivity contribution is 0.681. The zero-order valence-electron chi connectivity index (χ0n) is 8.99. The first-order chi connectivity index (χ1) is 6.86. The van der Waals surface area contributed by atoms with Crippen molar-refractivity contribution in [3.63, 3.8) is 0 Å². The van der Waals surface area contributed by atoms with Crippen molar-refractivity contribution < 1.29 is 0 Å². The zero-order chi connectivity index (χ0) is 10.2. The van der Waals surface area contributed by atoms with Crippen LogP contribution in [0.25, 0.3) is 0 Å². The summed E-state index contributed by atoms with van der Waals surface area (Å²) in [5.74, 6) is 2.46. The molecule has 0 radical (unpaired) electrons.